The van der Waals surface area contributed by atoms with Crippen LogP contribution in [-0.4, -0.2) is 83.4 Å². The van der Waals surface area contributed by atoms with E-state index in [1.54, 1.807) is 0 Å². The highest BCUT2D eigenvalue weighted by molar-refractivity contribution is 5.74. The van der Waals surface area contributed by atoms with Gasteiger partial charge in [-0.1, -0.05) is 18.5 Å². The second-order valence-electron chi connectivity index (χ2n) is 6.73. The number of unbranched alkanes of at least 4 members (excludes halogenated alkanes) is 1. The van der Waals surface area contributed by atoms with Crippen LogP contribution in [0.15, 0.2) is 4.52 Å². The third kappa shape index (κ3) is 4.49. The predicted molar refractivity (Wildman–Crippen MR) is 92.3 cm³/mol. The molecule has 2 saturated heterocycles. The molecule has 0 radical (unpaired) electrons. The van der Waals surface area contributed by atoms with E-state index in [0.29, 0.717) is 32.2 Å². The SMILES string of the molecule is CCCCc1noc(C(C)N2CCN(C(=O)N3CCOCC3)CC2)n1. The first-order chi connectivity index (χ1) is 12.2. The largest absolute Gasteiger partial charge is 0.378 e. The van der Waals surface area contributed by atoms with Gasteiger partial charge in [0.05, 0.1) is 19.3 Å². The summed E-state index contributed by atoms with van der Waals surface area (Å²) in [5.74, 6) is 1.48. The average Bonchev–Trinajstić information content (AvgIpc) is 3.15. The molecule has 2 fully saturated rings. The van der Waals surface area contributed by atoms with Crippen molar-refractivity contribution in [2.45, 2.75) is 39.2 Å². The van der Waals surface area contributed by atoms with Gasteiger partial charge in [-0.05, 0) is 13.3 Å². The number of piperazine rings is 1. The van der Waals surface area contributed by atoms with Crippen LogP contribution in [0.5, 0.6) is 0 Å². The number of aryl methyl sites for hydroxylation is 1. The van der Waals surface area contributed by atoms with Crippen LogP contribution < -0.4 is 0 Å². The van der Waals surface area contributed by atoms with Gasteiger partial charge in [0.1, 0.15) is 0 Å². The number of morpholine rings is 1. The Balaban J connectivity index is 1.49. The van der Waals surface area contributed by atoms with Crippen LogP contribution in [0.3, 0.4) is 0 Å². The summed E-state index contributed by atoms with van der Waals surface area (Å²) in [6.07, 6.45) is 3.07. The highest BCUT2D eigenvalue weighted by Crippen LogP contribution is 2.21. The fourth-order valence-electron chi connectivity index (χ4n) is 3.28. The van der Waals surface area contributed by atoms with Crippen molar-refractivity contribution in [1.29, 1.82) is 0 Å². The third-order valence-corrected chi connectivity index (χ3v) is 5.01. The fourth-order valence-corrected chi connectivity index (χ4v) is 3.28. The Labute approximate surface area is 149 Å². The number of amides is 2. The van der Waals surface area contributed by atoms with Gasteiger partial charge < -0.3 is 19.1 Å². The lowest BCUT2D eigenvalue weighted by atomic mass is 10.2. The highest BCUT2D eigenvalue weighted by Gasteiger charge is 2.30. The van der Waals surface area contributed by atoms with Crippen molar-refractivity contribution in [3.63, 3.8) is 0 Å². The molecule has 1 aromatic rings. The lowest BCUT2D eigenvalue weighted by molar-refractivity contribution is 0.0339. The summed E-state index contributed by atoms with van der Waals surface area (Å²) >= 11 is 0. The van der Waals surface area contributed by atoms with Gasteiger partial charge in [-0.3, -0.25) is 4.90 Å². The first-order valence-electron chi connectivity index (χ1n) is 9.37. The van der Waals surface area contributed by atoms with E-state index in [4.69, 9.17) is 9.26 Å². The Bertz CT molecular complexity index is 550. The van der Waals surface area contributed by atoms with Crippen LogP contribution in [0.2, 0.25) is 0 Å². The van der Waals surface area contributed by atoms with Gasteiger partial charge in [-0.25, -0.2) is 4.79 Å². The zero-order valence-corrected chi connectivity index (χ0v) is 15.3. The van der Waals surface area contributed by atoms with Crippen LogP contribution in [0, 0.1) is 0 Å². The normalized spacial score (nSPS) is 20.7. The summed E-state index contributed by atoms with van der Waals surface area (Å²) in [5.41, 5.74) is 0. The molecule has 0 bridgehead atoms. The molecule has 0 saturated carbocycles. The molecule has 140 valence electrons. The summed E-state index contributed by atoms with van der Waals surface area (Å²) in [4.78, 5) is 23.2. The van der Waals surface area contributed by atoms with Gasteiger partial charge in [-0.15, -0.1) is 0 Å². The lowest BCUT2D eigenvalue weighted by Gasteiger charge is -2.39. The van der Waals surface area contributed by atoms with Crippen molar-refractivity contribution in [2.75, 3.05) is 52.5 Å². The maximum atomic E-state index is 12.5. The van der Waals surface area contributed by atoms with Crippen LogP contribution in [0.4, 0.5) is 4.79 Å². The number of urea groups is 1. The Morgan fingerprint density at radius 1 is 1.12 bits per heavy atom. The van der Waals surface area contributed by atoms with E-state index in [1.165, 1.54) is 0 Å². The van der Waals surface area contributed by atoms with Gasteiger partial charge in [0.2, 0.25) is 5.89 Å². The van der Waals surface area contributed by atoms with Crippen LogP contribution >= 0.6 is 0 Å². The zero-order valence-electron chi connectivity index (χ0n) is 15.3. The minimum Gasteiger partial charge on any atom is -0.378 e. The van der Waals surface area contributed by atoms with Crippen LogP contribution in [-0.2, 0) is 11.2 Å². The fraction of sp³-hybridized carbons (Fsp3) is 0.824. The minimum atomic E-state index is 0.0866. The van der Waals surface area contributed by atoms with Crippen molar-refractivity contribution in [2.24, 2.45) is 0 Å². The van der Waals surface area contributed by atoms with Gasteiger partial charge in [-0.2, -0.15) is 4.98 Å². The van der Waals surface area contributed by atoms with E-state index >= 15 is 0 Å². The molecule has 0 N–H and O–H groups in total. The Kier molecular flexibility index (Phi) is 6.25. The van der Waals surface area contributed by atoms with Crippen molar-refractivity contribution < 1.29 is 14.1 Å². The molecule has 2 aliphatic rings. The lowest BCUT2D eigenvalue weighted by Crippen LogP contribution is -2.55. The van der Waals surface area contributed by atoms with E-state index in [2.05, 4.69) is 28.9 Å². The Morgan fingerprint density at radius 3 is 2.48 bits per heavy atom. The molecule has 0 aliphatic carbocycles. The molecule has 3 heterocycles. The third-order valence-electron chi connectivity index (χ3n) is 5.01. The first kappa shape index (κ1) is 18.1. The van der Waals surface area contributed by atoms with Crippen LogP contribution in [0.1, 0.15) is 44.4 Å². The molecule has 0 spiro atoms. The highest BCUT2D eigenvalue weighted by atomic mass is 16.5. The number of rotatable bonds is 5. The van der Waals surface area contributed by atoms with Crippen molar-refractivity contribution in [3.05, 3.63) is 11.7 Å². The summed E-state index contributed by atoms with van der Waals surface area (Å²) in [5, 5.41) is 4.08. The number of carbonyl (C=O) groups is 1. The van der Waals surface area contributed by atoms with E-state index in [-0.39, 0.29) is 12.1 Å². The number of aromatic nitrogens is 2. The van der Waals surface area contributed by atoms with Crippen molar-refractivity contribution in [3.8, 4) is 0 Å². The standard InChI is InChI=1S/C17H29N5O3/c1-3-4-5-15-18-16(25-19-15)14(2)20-6-8-21(9-7-20)17(23)22-10-12-24-13-11-22/h14H,3-13H2,1-2H3. The number of hydrogen-bond acceptors (Lipinski definition) is 6. The van der Waals surface area contributed by atoms with Crippen LogP contribution in [0.25, 0.3) is 0 Å². The van der Waals surface area contributed by atoms with Crippen molar-refractivity contribution >= 4 is 6.03 Å². The van der Waals surface area contributed by atoms with Gasteiger partial charge >= 0.3 is 6.03 Å². The number of ether oxygens (including phenoxy) is 1. The minimum absolute atomic E-state index is 0.0866. The second-order valence-corrected chi connectivity index (χ2v) is 6.73. The topological polar surface area (TPSA) is 74.9 Å². The summed E-state index contributed by atoms with van der Waals surface area (Å²) in [6.45, 7) is 10.0. The Hall–Kier alpha value is -1.67. The number of hydrogen-bond donors (Lipinski definition) is 0. The average molecular weight is 351 g/mol. The zero-order chi connectivity index (χ0) is 17.6. The monoisotopic (exact) mass is 351 g/mol. The maximum Gasteiger partial charge on any atom is 0.320 e. The predicted octanol–water partition coefficient (Wildman–Crippen LogP) is 1.54. The molecule has 8 heteroatoms. The summed E-state index contributed by atoms with van der Waals surface area (Å²) in [6, 6.07) is 0.221. The molecule has 0 aromatic carbocycles. The maximum absolute atomic E-state index is 12.5. The second kappa shape index (κ2) is 8.62. The van der Waals surface area contributed by atoms with Gasteiger partial charge in [0, 0.05) is 45.7 Å². The molecular formula is C17H29N5O3. The van der Waals surface area contributed by atoms with E-state index in [1.807, 2.05) is 9.80 Å². The van der Waals surface area contributed by atoms with E-state index < -0.39 is 0 Å². The molecule has 8 nitrogen and oxygen atoms in total. The van der Waals surface area contributed by atoms with Crippen molar-refractivity contribution in [1.82, 2.24) is 24.8 Å². The number of carbonyl (C=O) groups excluding carboxylic acids is 1. The number of nitrogens with zero attached hydrogens (tertiary/aromatic N) is 5. The van der Waals surface area contributed by atoms with Gasteiger partial charge in [0.25, 0.3) is 0 Å². The quantitative estimate of drug-likeness (QED) is 0.801. The molecule has 1 aromatic heterocycles. The van der Waals surface area contributed by atoms with E-state index in [0.717, 1.165) is 51.3 Å². The molecular weight excluding hydrogens is 322 g/mol. The summed E-state index contributed by atoms with van der Waals surface area (Å²) in [7, 11) is 0. The first-order valence-corrected chi connectivity index (χ1v) is 9.37. The molecule has 25 heavy (non-hydrogen) atoms. The smallest absolute Gasteiger partial charge is 0.320 e. The molecule has 2 aliphatic heterocycles. The molecule has 1 unspecified atom stereocenters. The molecule has 2 amide bonds. The molecule has 3 rings (SSSR count). The molecule has 1 atom stereocenters. The Morgan fingerprint density at radius 2 is 1.80 bits per heavy atom. The van der Waals surface area contributed by atoms with E-state index in [9.17, 15) is 4.79 Å². The van der Waals surface area contributed by atoms with Gasteiger partial charge in [0.15, 0.2) is 5.82 Å². The summed E-state index contributed by atoms with van der Waals surface area (Å²) < 4.78 is 10.8.